The van der Waals surface area contributed by atoms with Crippen molar-refractivity contribution in [3.05, 3.63) is 0 Å². The molecule has 0 aromatic heterocycles. The van der Waals surface area contributed by atoms with Gasteiger partial charge in [0.25, 0.3) is 0 Å². The van der Waals surface area contributed by atoms with E-state index in [0.29, 0.717) is 0 Å². The number of carbonyl (C=O) groups excluding carboxylic acids is 1. The molecular formula is C9H17BO4. The van der Waals surface area contributed by atoms with Crippen molar-refractivity contribution in [3.8, 4) is 0 Å². The van der Waals surface area contributed by atoms with E-state index in [0.717, 1.165) is 25.7 Å². The van der Waals surface area contributed by atoms with Gasteiger partial charge in [0.05, 0.1) is 7.11 Å². The third kappa shape index (κ3) is 2.99. The summed E-state index contributed by atoms with van der Waals surface area (Å²) in [5.74, 6) is -0.464. The van der Waals surface area contributed by atoms with Crippen molar-refractivity contribution >= 4 is 13.1 Å². The first kappa shape index (κ1) is 11.5. The second kappa shape index (κ2) is 5.36. The summed E-state index contributed by atoms with van der Waals surface area (Å²) >= 11 is 0. The number of hydrogen-bond acceptors (Lipinski definition) is 4. The topological polar surface area (TPSA) is 66.8 Å². The highest BCUT2D eigenvalue weighted by atomic mass is 16.5. The zero-order chi connectivity index (χ0) is 10.6. The Morgan fingerprint density at radius 3 is 2.50 bits per heavy atom. The second-order valence-corrected chi connectivity index (χ2v) is 3.90. The fraction of sp³-hybridized carbons (Fsp3) is 0.889. The van der Waals surface area contributed by atoms with E-state index in [2.05, 4.69) is 4.74 Å². The number of esters is 1. The first-order chi connectivity index (χ1) is 6.65. The summed E-state index contributed by atoms with van der Waals surface area (Å²) in [5.41, 5.74) is 0. The number of ether oxygens (including phenoxy) is 1. The minimum atomic E-state index is -1.41. The van der Waals surface area contributed by atoms with Gasteiger partial charge in [0.1, 0.15) is 0 Å². The Hall–Kier alpha value is -0.545. The molecule has 0 radical (unpaired) electrons. The lowest BCUT2D eigenvalue weighted by atomic mass is 9.63. The maximum atomic E-state index is 11.0. The van der Waals surface area contributed by atoms with Crippen molar-refractivity contribution in [1.29, 1.82) is 0 Å². The predicted octanol–water partition coefficient (Wildman–Crippen LogP) is 0.583. The van der Waals surface area contributed by atoms with E-state index in [1.807, 2.05) is 0 Å². The van der Waals surface area contributed by atoms with Gasteiger partial charge in [0, 0.05) is 12.2 Å². The summed E-state index contributed by atoms with van der Waals surface area (Å²) in [7, 11) is -0.0881. The third-order valence-corrected chi connectivity index (χ3v) is 3.02. The molecule has 0 aromatic carbocycles. The lowest BCUT2D eigenvalue weighted by Gasteiger charge is -2.20. The molecule has 1 atom stereocenters. The maximum absolute atomic E-state index is 11.0. The van der Waals surface area contributed by atoms with Gasteiger partial charge >= 0.3 is 13.1 Å². The van der Waals surface area contributed by atoms with Crippen LogP contribution in [0.5, 0.6) is 0 Å². The molecule has 0 aliphatic heterocycles. The molecular weight excluding hydrogens is 183 g/mol. The van der Waals surface area contributed by atoms with Crippen LogP contribution < -0.4 is 0 Å². The van der Waals surface area contributed by atoms with Crippen LogP contribution in [-0.2, 0) is 9.53 Å². The van der Waals surface area contributed by atoms with Crippen LogP contribution >= 0.6 is 0 Å². The Morgan fingerprint density at radius 1 is 1.50 bits per heavy atom. The Kier molecular flexibility index (Phi) is 4.42. The lowest BCUT2D eigenvalue weighted by molar-refractivity contribution is -0.141. The van der Waals surface area contributed by atoms with E-state index in [1.54, 1.807) is 0 Å². The summed E-state index contributed by atoms with van der Waals surface area (Å²) in [6.45, 7) is 0. The Labute approximate surface area is 84.4 Å². The van der Waals surface area contributed by atoms with Crippen LogP contribution in [0, 0.1) is 5.92 Å². The van der Waals surface area contributed by atoms with Crippen molar-refractivity contribution in [2.75, 3.05) is 7.11 Å². The molecule has 0 amide bonds. The first-order valence-corrected chi connectivity index (χ1v) is 5.08. The van der Waals surface area contributed by atoms with E-state index < -0.39 is 7.12 Å². The van der Waals surface area contributed by atoms with Gasteiger partial charge in [-0.2, -0.15) is 0 Å². The highest BCUT2D eigenvalue weighted by Gasteiger charge is 2.35. The van der Waals surface area contributed by atoms with Gasteiger partial charge in [0.15, 0.2) is 0 Å². The van der Waals surface area contributed by atoms with Gasteiger partial charge in [-0.15, -0.1) is 0 Å². The molecule has 80 valence electrons. The molecule has 0 bridgehead atoms. The first-order valence-electron chi connectivity index (χ1n) is 5.08. The Balaban J connectivity index is 2.49. The SMILES string of the molecule is COC(=O)CC(B(O)O)C1CCCC1. The van der Waals surface area contributed by atoms with Crippen molar-refractivity contribution in [1.82, 2.24) is 0 Å². The zero-order valence-electron chi connectivity index (χ0n) is 8.48. The summed E-state index contributed by atoms with van der Waals surface area (Å²) in [6, 6.07) is 0. The maximum Gasteiger partial charge on any atom is 0.455 e. The summed E-state index contributed by atoms with van der Waals surface area (Å²) in [5, 5.41) is 18.3. The smallest absolute Gasteiger partial charge is 0.455 e. The van der Waals surface area contributed by atoms with Gasteiger partial charge in [-0.25, -0.2) is 0 Å². The quantitative estimate of drug-likeness (QED) is 0.514. The fourth-order valence-corrected chi connectivity index (χ4v) is 2.18. The predicted molar refractivity (Wildman–Crippen MR) is 52.5 cm³/mol. The third-order valence-electron chi connectivity index (χ3n) is 3.02. The van der Waals surface area contributed by atoms with Crippen molar-refractivity contribution in [2.45, 2.75) is 37.9 Å². The molecule has 0 aromatic rings. The number of carbonyl (C=O) groups is 1. The van der Waals surface area contributed by atoms with E-state index in [9.17, 15) is 4.79 Å². The summed E-state index contributed by atoms with van der Waals surface area (Å²) in [4.78, 5) is 11.0. The molecule has 1 saturated carbocycles. The Morgan fingerprint density at radius 2 is 2.07 bits per heavy atom. The largest absolute Gasteiger partial charge is 0.469 e. The van der Waals surface area contributed by atoms with Gasteiger partial charge < -0.3 is 14.8 Å². The molecule has 5 heteroatoms. The second-order valence-electron chi connectivity index (χ2n) is 3.90. The molecule has 0 spiro atoms. The van der Waals surface area contributed by atoms with Crippen LogP contribution in [0.1, 0.15) is 32.1 Å². The molecule has 4 nitrogen and oxygen atoms in total. The average molecular weight is 200 g/mol. The highest BCUT2D eigenvalue weighted by molar-refractivity contribution is 6.43. The van der Waals surface area contributed by atoms with Crippen molar-refractivity contribution in [3.63, 3.8) is 0 Å². The van der Waals surface area contributed by atoms with E-state index in [-0.39, 0.29) is 24.1 Å². The fourth-order valence-electron chi connectivity index (χ4n) is 2.18. The minimum Gasteiger partial charge on any atom is -0.469 e. The number of hydrogen-bond donors (Lipinski definition) is 2. The monoisotopic (exact) mass is 200 g/mol. The van der Waals surface area contributed by atoms with Crippen LogP contribution in [0.25, 0.3) is 0 Å². The van der Waals surface area contributed by atoms with Crippen LogP contribution in [0.15, 0.2) is 0 Å². The number of methoxy groups -OCH3 is 1. The minimum absolute atomic E-state index is 0.110. The van der Waals surface area contributed by atoms with E-state index in [4.69, 9.17) is 10.0 Å². The lowest BCUT2D eigenvalue weighted by Crippen LogP contribution is -2.28. The molecule has 2 N–H and O–H groups in total. The average Bonchev–Trinajstić information content (AvgIpc) is 2.65. The van der Waals surface area contributed by atoms with Gasteiger partial charge in [-0.1, -0.05) is 25.7 Å². The van der Waals surface area contributed by atoms with Crippen LogP contribution in [0.3, 0.4) is 0 Å². The summed E-state index contributed by atoms with van der Waals surface area (Å²) < 4.78 is 4.53. The van der Waals surface area contributed by atoms with Crippen LogP contribution in [-0.4, -0.2) is 30.2 Å². The van der Waals surface area contributed by atoms with E-state index in [1.165, 1.54) is 7.11 Å². The molecule has 14 heavy (non-hydrogen) atoms. The van der Waals surface area contributed by atoms with Gasteiger partial charge in [-0.05, 0) is 5.92 Å². The standard InChI is InChI=1S/C9H17BO4/c1-14-9(11)6-8(10(12)13)7-4-2-3-5-7/h7-8,12-13H,2-6H2,1H3. The number of rotatable bonds is 4. The summed E-state index contributed by atoms with van der Waals surface area (Å²) in [6.07, 6.45) is 4.32. The molecule has 1 aliphatic carbocycles. The van der Waals surface area contributed by atoms with Crippen molar-refractivity contribution < 1.29 is 19.6 Å². The molecule has 1 fully saturated rings. The van der Waals surface area contributed by atoms with Gasteiger partial charge in [-0.3, -0.25) is 4.79 Å². The molecule has 1 aliphatic rings. The molecule has 0 saturated heterocycles. The van der Waals surface area contributed by atoms with Crippen LogP contribution in [0.4, 0.5) is 0 Å². The molecule has 0 heterocycles. The van der Waals surface area contributed by atoms with Crippen LogP contribution in [0.2, 0.25) is 5.82 Å². The highest BCUT2D eigenvalue weighted by Crippen LogP contribution is 2.37. The van der Waals surface area contributed by atoms with Gasteiger partial charge in [0.2, 0.25) is 0 Å². The van der Waals surface area contributed by atoms with E-state index >= 15 is 0 Å². The normalized spacial score (nSPS) is 19.4. The molecule has 1 unspecified atom stereocenters. The zero-order valence-corrected chi connectivity index (χ0v) is 8.48. The van der Waals surface area contributed by atoms with Crippen molar-refractivity contribution in [2.24, 2.45) is 5.92 Å². The molecule has 1 rings (SSSR count). The Bertz CT molecular complexity index is 189.